The Labute approximate surface area is 139 Å². The quantitative estimate of drug-likeness (QED) is 0.797. The molecular weight excluding hydrogens is 304 g/mol. The molecule has 0 bridgehead atoms. The normalized spacial score (nSPS) is 11.0. The zero-order valence-corrected chi connectivity index (χ0v) is 13.6. The maximum atomic E-state index is 12.4. The number of hydrogen-bond donors (Lipinski definition) is 1. The van der Waals surface area contributed by atoms with Gasteiger partial charge >= 0.3 is 0 Å². The van der Waals surface area contributed by atoms with Crippen LogP contribution in [0.2, 0.25) is 0 Å². The summed E-state index contributed by atoms with van der Waals surface area (Å²) in [6.45, 7) is 4.14. The van der Waals surface area contributed by atoms with E-state index in [0.717, 1.165) is 5.56 Å². The van der Waals surface area contributed by atoms with Crippen molar-refractivity contribution < 1.29 is 4.79 Å². The van der Waals surface area contributed by atoms with Crippen molar-refractivity contribution in [1.29, 1.82) is 0 Å². The number of amides is 1. The van der Waals surface area contributed by atoms with Gasteiger partial charge in [-0.1, -0.05) is 29.5 Å². The highest BCUT2D eigenvalue weighted by molar-refractivity contribution is 5.94. The second-order valence-electron chi connectivity index (χ2n) is 5.89. The molecule has 0 radical (unpaired) electrons. The number of carbonyl (C=O) groups excluding carboxylic acids is 1. The van der Waals surface area contributed by atoms with Crippen molar-refractivity contribution in [2.75, 3.05) is 0 Å². The average Bonchev–Trinajstić information content (AvgIpc) is 2.57. The summed E-state index contributed by atoms with van der Waals surface area (Å²) in [6.07, 6.45) is 0. The molecule has 0 aliphatic rings. The molecule has 6 heteroatoms. The summed E-state index contributed by atoms with van der Waals surface area (Å²) in [7, 11) is 0. The first kappa shape index (κ1) is 15.9. The van der Waals surface area contributed by atoms with Crippen LogP contribution < -0.4 is 10.9 Å². The van der Waals surface area contributed by atoms with Crippen LogP contribution in [0.5, 0.6) is 0 Å². The van der Waals surface area contributed by atoms with Crippen molar-refractivity contribution in [3.05, 3.63) is 70.0 Å². The Kier molecular flexibility index (Phi) is 4.37. The Bertz CT molecular complexity index is 930. The van der Waals surface area contributed by atoms with E-state index in [1.54, 1.807) is 30.3 Å². The Morgan fingerprint density at radius 3 is 2.54 bits per heavy atom. The first-order valence-electron chi connectivity index (χ1n) is 7.77. The summed E-state index contributed by atoms with van der Waals surface area (Å²) in [6, 6.07) is 14.3. The Balaban J connectivity index is 1.83. The highest BCUT2D eigenvalue weighted by Crippen LogP contribution is 2.07. The van der Waals surface area contributed by atoms with Crippen molar-refractivity contribution in [2.45, 2.75) is 26.4 Å². The van der Waals surface area contributed by atoms with Crippen molar-refractivity contribution in [2.24, 2.45) is 0 Å². The first-order chi connectivity index (χ1) is 11.5. The number of rotatable bonds is 4. The van der Waals surface area contributed by atoms with Crippen LogP contribution in [0.15, 0.2) is 53.3 Å². The van der Waals surface area contributed by atoms with Crippen LogP contribution in [-0.2, 0) is 6.54 Å². The van der Waals surface area contributed by atoms with Gasteiger partial charge in [0.2, 0.25) is 0 Å². The smallest absolute Gasteiger partial charge is 0.277 e. The van der Waals surface area contributed by atoms with Crippen LogP contribution >= 0.6 is 0 Å². The molecule has 1 aromatic heterocycles. The fourth-order valence-corrected chi connectivity index (χ4v) is 2.41. The van der Waals surface area contributed by atoms with Crippen molar-refractivity contribution in [1.82, 2.24) is 20.3 Å². The van der Waals surface area contributed by atoms with Gasteiger partial charge in [0.05, 0.1) is 11.9 Å². The van der Waals surface area contributed by atoms with E-state index < -0.39 is 0 Å². The van der Waals surface area contributed by atoms with Gasteiger partial charge in [-0.3, -0.25) is 9.59 Å². The Morgan fingerprint density at radius 2 is 1.83 bits per heavy atom. The van der Waals surface area contributed by atoms with Crippen LogP contribution in [0.3, 0.4) is 0 Å². The van der Waals surface area contributed by atoms with E-state index in [9.17, 15) is 9.59 Å². The molecule has 122 valence electrons. The Morgan fingerprint density at radius 1 is 1.12 bits per heavy atom. The molecule has 0 atom stereocenters. The second kappa shape index (κ2) is 6.62. The number of nitrogens with one attached hydrogen (secondary N) is 1. The van der Waals surface area contributed by atoms with Crippen molar-refractivity contribution in [3.63, 3.8) is 0 Å². The molecule has 6 nitrogen and oxygen atoms in total. The topological polar surface area (TPSA) is 76.9 Å². The molecule has 24 heavy (non-hydrogen) atoms. The van der Waals surface area contributed by atoms with E-state index in [1.807, 2.05) is 32.0 Å². The number of carbonyl (C=O) groups is 1. The summed E-state index contributed by atoms with van der Waals surface area (Å²) >= 11 is 0. The molecular formula is C18H18N4O2. The summed E-state index contributed by atoms with van der Waals surface area (Å²) in [5, 5.41) is 11.4. The minimum atomic E-state index is -0.178. The largest absolute Gasteiger partial charge is 0.350 e. The SMILES string of the molecule is CC(C)NC(=O)c1ccc(Cn2nnc3ccccc3c2=O)cc1. The number of nitrogens with zero attached hydrogens (tertiary/aromatic N) is 3. The molecule has 0 saturated heterocycles. The molecule has 2 aromatic carbocycles. The van der Waals surface area contributed by atoms with Crippen LogP contribution in [0.25, 0.3) is 10.9 Å². The van der Waals surface area contributed by atoms with Gasteiger partial charge in [-0.15, -0.1) is 5.10 Å². The number of hydrogen-bond acceptors (Lipinski definition) is 4. The third-order valence-electron chi connectivity index (χ3n) is 3.60. The van der Waals surface area contributed by atoms with Crippen molar-refractivity contribution >= 4 is 16.8 Å². The minimum Gasteiger partial charge on any atom is -0.350 e. The highest BCUT2D eigenvalue weighted by Gasteiger charge is 2.08. The zero-order chi connectivity index (χ0) is 17.1. The molecule has 0 aliphatic carbocycles. The number of fused-ring (bicyclic) bond motifs is 1. The van der Waals surface area contributed by atoms with Crippen LogP contribution in [0.1, 0.15) is 29.8 Å². The van der Waals surface area contributed by atoms with Gasteiger partial charge < -0.3 is 5.32 Å². The fourth-order valence-electron chi connectivity index (χ4n) is 2.41. The van der Waals surface area contributed by atoms with E-state index in [4.69, 9.17) is 0 Å². The molecule has 1 N–H and O–H groups in total. The van der Waals surface area contributed by atoms with Gasteiger partial charge in [-0.25, -0.2) is 4.68 Å². The fraction of sp³-hybridized carbons (Fsp3) is 0.222. The van der Waals surface area contributed by atoms with Gasteiger partial charge in [0, 0.05) is 11.6 Å². The first-order valence-corrected chi connectivity index (χ1v) is 7.77. The maximum absolute atomic E-state index is 12.4. The van der Waals surface area contributed by atoms with Gasteiger partial charge in [-0.2, -0.15) is 0 Å². The average molecular weight is 322 g/mol. The number of benzene rings is 2. The molecule has 1 amide bonds. The predicted octanol–water partition coefficient (Wildman–Crippen LogP) is 1.98. The van der Waals surface area contributed by atoms with E-state index in [0.29, 0.717) is 23.0 Å². The van der Waals surface area contributed by atoms with Crippen LogP contribution in [0, 0.1) is 0 Å². The van der Waals surface area contributed by atoms with Gasteiger partial charge in [0.1, 0.15) is 5.52 Å². The molecule has 0 fully saturated rings. The highest BCUT2D eigenvalue weighted by atomic mass is 16.1. The van der Waals surface area contributed by atoms with Crippen molar-refractivity contribution in [3.8, 4) is 0 Å². The van der Waals surface area contributed by atoms with E-state index in [1.165, 1.54) is 4.68 Å². The summed E-state index contributed by atoms with van der Waals surface area (Å²) in [5.41, 5.74) is 1.87. The molecule has 0 aliphatic heterocycles. The lowest BCUT2D eigenvalue weighted by Gasteiger charge is -2.09. The van der Waals surface area contributed by atoms with E-state index in [-0.39, 0.29) is 17.5 Å². The van der Waals surface area contributed by atoms with Crippen LogP contribution in [0.4, 0.5) is 0 Å². The lowest BCUT2D eigenvalue weighted by molar-refractivity contribution is 0.0943. The monoisotopic (exact) mass is 322 g/mol. The summed E-state index contributed by atoms with van der Waals surface area (Å²) in [4.78, 5) is 24.4. The molecule has 0 unspecified atom stereocenters. The molecule has 0 spiro atoms. The minimum absolute atomic E-state index is 0.0867. The van der Waals surface area contributed by atoms with Gasteiger partial charge in [0.15, 0.2) is 0 Å². The van der Waals surface area contributed by atoms with E-state index >= 15 is 0 Å². The van der Waals surface area contributed by atoms with Crippen LogP contribution in [-0.4, -0.2) is 26.9 Å². The second-order valence-corrected chi connectivity index (χ2v) is 5.89. The van der Waals surface area contributed by atoms with Gasteiger partial charge in [0.25, 0.3) is 11.5 Å². The summed E-state index contributed by atoms with van der Waals surface area (Å²) < 4.78 is 1.32. The lowest BCUT2D eigenvalue weighted by Crippen LogP contribution is -2.30. The Hall–Kier alpha value is -3.02. The van der Waals surface area contributed by atoms with E-state index in [2.05, 4.69) is 15.6 Å². The molecule has 1 heterocycles. The third kappa shape index (κ3) is 3.32. The molecule has 3 rings (SSSR count). The predicted molar refractivity (Wildman–Crippen MR) is 91.9 cm³/mol. The number of aromatic nitrogens is 3. The zero-order valence-electron chi connectivity index (χ0n) is 13.6. The lowest BCUT2D eigenvalue weighted by atomic mass is 10.1. The standard InChI is InChI=1S/C18H18N4O2/c1-12(2)19-17(23)14-9-7-13(8-10-14)11-22-18(24)15-5-3-4-6-16(15)20-21-22/h3-10,12H,11H2,1-2H3,(H,19,23). The maximum Gasteiger partial charge on any atom is 0.277 e. The van der Waals surface area contributed by atoms with Gasteiger partial charge in [-0.05, 0) is 43.7 Å². The molecule has 3 aromatic rings. The summed E-state index contributed by atoms with van der Waals surface area (Å²) in [5.74, 6) is -0.112. The molecule has 0 saturated carbocycles. The third-order valence-corrected chi connectivity index (χ3v) is 3.60.